The van der Waals surface area contributed by atoms with Gasteiger partial charge in [-0.1, -0.05) is 18.2 Å². The fourth-order valence-corrected chi connectivity index (χ4v) is 1.86. The topological polar surface area (TPSA) is 61.8 Å². The summed E-state index contributed by atoms with van der Waals surface area (Å²) in [6, 6.07) is 11.3. The molecular weight excluding hydrogens is 272 g/mol. The van der Waals surface area contributed by atoms with Gasteiger partial charge in [0.25, 0.3) is 0 Å². The Labute approximate surface area is 122 Å². The van der Waals surface area contributed by atoms with Crippen LogP contribution in [0, 0.1) is 0 Å². The van der Waals surface area contributed by atoms with E-state index in [9.17, 15) is 9.59 Å². The Kier molecular flexibility index (Phi) is 4.56. The summed E-state index contributed by atoms with van der Waals surface area (Å²) >= 11 is 0. The Hall–Kier alpha value is -2.82. The van der Waals surface area contributed by atoms with Gasteiger partial charge in [0.2, 0.25) is 0 Å². The van der Waals surface area contributed by atoms with E-state index in [4.69, 9.17) is 14.2 Å². The molecular formula is C16H14O5. The molecule has 2 rings (SSSR count). The Morgan fingerprint density at radius 2 is 1.62 bits per heavy atom. The fourth-order valence-electron chi connectivity index (χ4n) is 1.86. The molecule has 0 fully saturated rings. The van der Waals surface area contributed by atoms with Gasteiger partial charge in [0.1, 0.15) is 29.1 Å². The predicted octanol–water partition coefficient (Wildman–Crippen LogP) is 2.74. The van der Waals surface area contributed by atoms with E-state index >= 15 is 0 Å². The zero-order valence-corrected chi connectivity index (χ0v) is 11.7. The van der Waals surface area contributed by atoms with E-state index in [1.165, 1.54) is 20.3 Å². The highest BCUT2D eigenvalue weighted by molar-refractivity contribution is 5.97. The van der Waals surface area contributed by atoms with Crippen molar-refractivity contribution in [2.45, 2.75) is 0 Å². The summed E-state index contributed by atoms with van der Waals surface area (Å²) < 4.78 is 15.6. The summed E-state index contributed by atoms with van der Waals surface area (Å²) in [5.74, 6) is 0.363. The Morgan fingerprint density at radius 1 is 1.00 bits per heavy atom. The average Bonchev–Trinajstić information content (AvgIpc) is 2.53. The average molecular weight is 286 g/mol. The third-order valence-corrected chi connectivity index (χ3v) is 2.84. The molecule has 2 aromatic carbocycles. The van der Waals surface area contributed by atoms with E-state index in [2.05, 4.69) is 0 Å². The molecule has 0 aliphatic carbocycles. The van der Waals surface area contributed by atoms with Crippen molar-refractivity contribution in [3.8, 4) is 17.2 Å². The summed E-state index contributed by atoms with van der Waals surface area (Å²) in [6.07, 6.45) is 0.682. The first kappa shape index (κ1) is 14.6. The molecule has 0 radical (unpaired) electrons. The first-order valence-electron chi connectivity index (χ1n) is 6.18. The monoisotopic (exact) mass is 286 g/mol. The smallest absolute Gasteiger partial charge is 0.351 e. The fraction of sp³-hybridized carbons (Fsp3) is 0.125. The zero-order valence-electron chi connectivity index (χ0n) is 11.7. The lowest BCUT2D eigenvalue weighted by molar-refractivity contribution is 0.0727. The summed E-state index contributed by atoms with van der Waals surface area (Å²) in [5.41, 5.74) is 0.617. The molecule has 0 saturated heterocycles. The van der Waals surface area contributed by atoms with Gasteiger partial charge in [-0.05, 0) is 24.3 Å². The molecule has 0 aliphatic rings. The van der Waals surface area contributed by atoms with Crippen LogP contribution >= 0.6 is 0 Å². The van der Waals surface area contributed by atoms with Gasteiger partial charge in [-0.2, -0.15) is 0 Å². The quantitative estimate of drug-likeness (QED) is 0.480. The molecule has 0 amide bonds. The molecule has 0 atom stereocenters. The van der Waals surface area contributed by atoms with Crippen LogP contribution in [0.2, 0.25) is 0 Å². The van der Waals surface area contributed by atoms with Crippen LogP contribution in [0.25, 0.3) is 0 Å². The number of aldehydes is 1. The van der Waals surface area contributed by atoms with Gasteiger partial charge in [-0.3, -0.25) is 4.79 Å². The third-order valence-electron chi connectivity index (χ3n) is 2.84. The maximum Gasteiger partial charge on any atom is 0.351 e. The second kappa shape index (κ2) is 6.56. The van der Waals surface area contributed by atoms with Crippen molar-refractivity contribution < 1.29 is 23.8 Å². The Morgan fingerprint density at radius 3 is 2.19 bits per heavy atom. The molecule has 0 heterocycles. The Balaban J connectivity index is 2.33. The molecule has 0 spiro atoms. The highest BCUT2D eigenvalue weighted by Gasteiger charge is 2.20. The van der Waals surface area contributed by atoms with Gasteiger partial charge in [0, 0.05) is 5.56 Å². The predicted molar refractivity (Wildman–Crippen MR) is 76.3 cm³/mol. The van der Waals surface area contributed by atoms with Crippen molar-refractivity contribution in [3.05, 3.63) is 53.6 Å². The minimum atomic E-state index is -0.618. The highest BCUT2D eigenvalue weighted by atomic mass is 16.5. The summed E-state index contributed by atoms with van der Waals surface area (Å²) in [6.45, 7) is 0. The van der Waals surface area contributed by atoms with E-state index in [-0.39, 0.29) is 11.3 Å². The number of esters is 1. The van der Waals surface area contributed by atoms with Crippen molar-refractivity contribution in [2.75, 3.05) is 14.2 Å². The second-order valence-electron chi connectivity index (χ2n) is 4.12. The third kappa shape index (κ3) is 3.20. The molecule has 0 aromatic heterocycles. The number of hydrogen-bond acceptors (Lipinski definition) is 5. The summed E-state index contributed by atoms with van der Waals surface area (Å²) in [5, 5.41) is 0. The summed E-state index contributed by atoms with van der Waals surface area (Å²) in [7, 11) is 2.91. The second-order valence-corrected chi connectivity index (χ2v) is 4.12. The molecule has 5 heteroatoms. The number of hydrogen-bond donors (Lipinski definition) is 0. The van der Waals surface area contributed by atoms with Gasteiger partial charge < -0.3 is 14.2 Å². The van der Waals surface area contributed by atoms with Gasteiger partial charge in [0.15, 0.2) is 0 Å². The van der Waals surface area contributed by atoms with Crippen LogP contribution in [-0.4, -0.2) is 26.5 Å². The molecule has 0 saturated carbocycles. The van der Waals surface area contributed by atoms with Gasteiger partial charge in [0.05, 0.1) is 14.2 Å². The van der Waals surface area contributed by atoms with Crippen LogP contribution in [0.1, 0.15) is 20.7 Å². The van der Waals surface area contributed by atoms with Crippen molar-refractivity contribution >= 4 is 12.3 Å². The van der Waals surface area contributed by atoms with Crippen LogP contribution in [0.3, 0.4) is 0 Å². The van der Waals surface area contributed by atoms with Gasteiger partial charge >= 0.3 is 5.97 Å². The van der Waals surface area contributed by atoms with E-state index < -0.39 is 5.97 Å². The molecule has 108 valence electrons. The first-order chi connectivity index (χ1) is 10.2. The van der Waals surface area contributed by atoms with Crippen LogP contribution in [-0.2, 0) is 0 Å². The van der Waals surface area contributed by atoms with E-state index in [1.807, 2.05) is 0 Å². The minimum absolute atomic E-state index is 0.194. The number of rotatable bonds is 5. The van der Waals surface area contributed by atoms with Crippen LogP contribution in [0.5, 0.6) is 17.2 Å². The number of methoxy groups -OCH3 is 2. The van der Waals surface area contributed by atoms with Crippen molar-refractivity contribution in [2.24, 2.45) is 0 Å². The van der Waals surface area contributed by atoms with Gasteiger partial charge in [-0.25, -0.2) is 4.79 Å². The largest absolute Gasteiger partial charge is 0.496 e. The lowest BCUT2D eigenvalue weighted by Crippen LogP contribution is -2.12. The van der Waals surface area contributed by atoms with Gasteiger partial charge in [-0.15, -0.1) is 0 Å². The number of carbonyl (C=O) groups excluding carboxylic acids is 2. The molecule has 0 unspecified atom stereocenters. The lowest BCUT2D eigenvalue weighted by atomic mass is 10.1. The number of ether oxygens (including phenoxy) is 3. The van der Waals surface area contributed by atoms with Crippen LogP contribution < -0.4 is 14.2 Å². The highest BCUT2D eigenvalue weighted by Crippen LogP contribution is 2.29. The number of carbonyl (C=O) groups is 2. The normalized spacial score (nSPS) is 9.81. The van der Waals surface area contributed by atoms with Crippen LogP contribution in [0.4, 0.5) is 0 Å². The van der Waals surface area contributed by atoms with Crippen molar-refractivity contribution in [1.82, 2.24) is 0 Å². The molecule has 0 N–H and O–H groups in total. The van der Waals surface area contributed by atoms with Crippen LogP contribution in [0.15, 0.2) is 42.5 Å². The van der Waals surface area contributed by atoms with E-state index in [1.54, 1.807) is 36.4 Å². The SMILES string of the molecule is COc1cccc(OC)c1C(=O)Oc1cccc(C=O)c1. The molecule has 5 nitrogen and oxygen atoms in total. The molecule has 21 heavy (non-hydrogen) atoms. The molecule has 2 aromatic rings. The van der Waals surface area contributed by atoms with E-state index in [0.717, 1.165) is 0 Å². The van der Waals surface area contributed by atoms with Crippen molar-refractivity contribution in [1.29, 1.82) is 0 Å². The van der Waals surface area contributed by atoms with Crippen molar-refractivity contribution in [3.63, 3.8) is 0 Å². The lowest BCUT2D eigenvalue weighted by Gasteiger charge is -2.12. The molecule has 0 bridgehead atoms. The Bertz CT molecular complexity index is 641. The standard InChI is InChI=1S/C16H14O5/c1-19-13-7-4-8-14(20-2)15(13)16(18)21-12-6-3-5-11(9-12)10-17/h3-10H,1-2H3. The summed E-state index contributed by atoms with van der Waals surface area (Å²) in [4.78, 5) is 23.0. The number of benzene rings is 2. The first-order valence-corrected chi connectivity index (χ1v) is 6.18. The molecule has 0 aliphatic heterocycles. The zero-order chi connectivity index (χ0) is 15.2. The minimum Gasteiger partial charge on any atom is -0.496 e. The van der Waals surface area contributed by atoms with E-state index in [0.29, 0.717) is 23.3 Å². The maximum atomic E-state index is 12.3. The maximum absolute atomic E-state index is 12.3.